The van der Waals surface area contributed by atoms with Gasteiger partial charge in [0.15, 0.2) is 0 Å². The third-order valence-electron chi connectivity index (χ3n) is 4.45. The molecule has 2 aromatic carbocycles. The SMILES string of the molecule is COc1ccc(Cl)cc1C(=O)N1CC[NH+](Cc2ccccc2)CC1.[Cl-]. The van der Waals surface area contributed by atoms with Crippen LogP contribution in [0.4, 0.5) is 0 Å². The van der Waals surface area contributed by atoms with Gasteiger partial charge < -0.3 is 26.9 Å². The highest BCUT2D eigenvalue weighted by molar-refractivity contribution is 6.31. The summed E-state index contributed by atoms with van der Waals surface area (Å²) >= 11 is 6.04. The summed E-state index contributed by atoms with van der Waals surface area (Å²) < 4.78 is 5.30. The Bertz CT molecular complexity index is 702. The van der Waals surface area contributed by atoms with Gasteiger partial charge in [-0.15, -0.1) is 0 Å². The van der Waals surface area contributed by atoms with E-state index < -0.39 is 0 Å². The molecule has 4 nitrogen and oxygen atoms in total. The fourth-order valence-electron chi connectivity index (χ4n) is 3.11. The first-order valence-electron chi connectivity index (χ1n) is 8.17. The molecule has 0 aromatic heterocycles. The molecule has 0 radical (unpaired) electrons. The Morgan fingerprint density at radius 1 is 1.16 bits per heavy atom. The summed E-state index contributed by atoms with van der Waals surface area (Å²) in [6.45, 7) is 4.39. The molecule has 1 fully saturated rings. The molecular weight excluding hydrogens is 359 g/mol. The number of amides is 1. The molecule has 0 aliphatic carbocycles. The van der Waals surface area contributed by atoms with Gasteiger partial charge in [-0.25, -0.2) is 0 Å². The van der Waals surface area contributed by atoms with E-state index in [0.29, 0.717) is 16.3 Å². The van der Waals surface area contributed by atoms with E-state index in [1.165, 1.54) is 10.5 Å². The second-order valence-electron chi connectivity index (χ2n) is 6.05. The number of rotatable bonds is 4. The summed E-state index contributed by atoms with van der Waals surface area (Å²) in [6.07, 6.45) is 0. The van der Waals surface area contributed by atoms with Crippen molar-refractivity contribution in [1.82, 2.24) is 4.90 Å². The van der Waals surface area contributed by atoms with Crippen molar-refractivity contribution in [2.24, 2.45) is 0 Å². The quantitative estimate of drug-likeness (QED) is 0.729. The van der Waals surface area contributed by atoms with Crippen LogP contribution in [0.1, 0.15) is 15.9 Å². The predicted octanol–water partition coefficient (Wildman–Crippen LogP) is -1.11. The molecule has 25 heavy (non-hydrogen) atoms. The largest absolute Gasteiger partial charge is 1.00 e. The maximum atomic E-state index is 12.8. The molecule has 1 aliphatic rings. The van der Waals surface area contributed by atoms with Crippen LogP contribution in [0.25, 0.3) is 0 Å². The number of halogens is 2. The minimum Gasteiger partial charge on any atom is -1.00 e. The third-order valence-corrected chi connectivity index (χ3v) is 4.68. The molecule has 1 N–H and O–H groups in total. The van der Waals surface area contributed by atoms with E-state index in [2.05, 4.69) is 24.3 Å². The monoisotopic (exact) mass is 380 g/mol. The van der Waals surface area contributed by atoms with Crippen LogP contribution < -0.4 is 22.0 Å². The van der Waals surface area contributed by atoms with E-state index in [9.17, 15) is 4.79 Å². The van der Waals surface area contributed by atoms with Crippen LogP contribution in [0.15, 0.2) is 48.5 Å². The standard InChI is InChI=1S/C19H21ClN2O2.ClH/c1-24-18-8-7-16(20)13-17(18)19(23)22-11-9-21(10-12-22)14-15-5-3-2-4-6-15;/h2-8,13H,9-12,14H2,1H3;1H. The average Bonchev–Trinajstić information content (AvgIpc) is 2.62. The van der Waals surface area contributed by atoms with E-state index in [1.807, 2.05) is 11.0 Å². The van der Waals surface area contributed by atoms with Crippen molar-refractivity contribution < 1.29 is 26.8 Å². The summed E-state index contributed by atoms with van der Waals surface area (Å²) in [7, 11) is 1.57. The normalized spacial score (nSPS) is 14.7. The number of ether oxygens (including phenoxy) is 1. The zero-order valence-corrected chi connectivity index (χ0v) is 15.7. The topological polar surface area (TPSA) is 34.0 Å². The van der Waals surface area contributed by atoms with Gasteiger partial charge in [0.1, 0.15) is 12.3 Å². The molecule has 0 saturated carbocycles. The molecule has 1 heterocycles. The molecule has 134 valence electrons. The number of nitrogens with zero attached hydrogens (tertiary/aromatic N) is 1. The van der Waals surface area contributed by atoms with Crippen molar-refractivity contribution in [3.05, 3.63) is 64.7 Å². The Balaban J connectivity index is 0.00000225. The molecule has 0 bridgehead atoms. The lowest BCUT2D eigenvalue weighted by Gasteiger charge is -2.32. The van der Waals surface area contributed by atoms with Crippen molar-refractivity contribution in [3.63, 3.8) is 0 Å². The fraction of sp³-hybridized carbons (Fsp3) is 0.316. The Labute approximate surface area is 159 Å². The molecule has 6 heteroatoms. The summed E-state index contributed by atoms with van der Waals surface area (Å²) in [6, 6.07) is 15.6. The van der Waals surface area contributed by atoms with Gasteiger partial charge in [-0.3, -0.25) is 4.79 Å². The first kappa shape index (κ1) is 19.6. The molecule has 1 saturated heterocycles. The van der Waals surface area contributed by atoms with Gasteiger partial charge in [0, 0.05) is 10.6 Å². The molecule has 3 rings (SSSR count). The molecule has 2 aromatic rings. The number of carbonyl (C=O) groups excluding carboxylic acids is 1. The Kier molecular flexibility index (Phi) is 7.12. The zero-order valence-electron chi connectivity index (χ0n) is 14.2. The van der Waals surface area contributed by atoms with Crippen LogP contribution in [0.3, 0.4) is 0 Å². The van der Waals surface area contributed by atoms with Crippen LogP contribution in [0, 0.1) is 0 Å². The van der Waals surface area contributed by atoms with Gasteiger partial charge in [0.05, 0.1) is 38.9 Å². The smallest absolute Gasteiger partial charge is 0.258 e. The number of hydrogen-bond donors (Lipinski definition) is 1. The second kappa shape index (κ2) is 9.09. The lowest BCUT2D eigenvalue weighted by atomic mass is 10.1. The van der Waals surface area contributed by atoms with Crippen LogP contribution in [-0.4, -0.2) is 44.1 Å². The first-order valence-corrected chi connectivity index (χ1v) is 8.55. The maximum Gasteiger partial charge on any atom is 0.258 e. The lowest BCUT2D eigenvalue weighted by molar-refractivity contribution is -0.917. The fourth-order valence-corrected chi connectivity index (χ4v) is 3.28. The summed E-state index contributed by atoms with van der Waals surface area (Å²) in [5, 5.41) is 0.549. The van der Waals surface area contributed by atoms with Gasteiger partial charge in [0.2, 0.25) is 0 Å². The molecule has 0 unspecified atom stereocenters. The highest BCUT2D eigenvalue weighted by Crippen LogP contribution is 2.24. The van der Waals surface area contributed by atoms with Crippen LogP contribution in [-0.2, 0) is 6.54 Å². The van der Waals surface area contributed by atoms with Gasteiger partial charge in [0.25, 0.3) is 5.91 Å². The molecular formula is C19H22Cl2N2O2. The van der Waals surface area contributed by atoms with Gasteiger partial charge in [-0.1, -0.05) is 41.9 Å². The van der Waals surface area contributed by atoms with Gasteiger partial charge in [-0.2, -0.15) is 0 Å². The minimum atomic E-state index is -0.00638. The van der Waals surface area contributed by atoms with Crippen molar-refractivity contribution in [2.75, 3.05) is 33.3 Å². The number of quaternary nitrogens is 1. The van der Waals surface area contributed by atoms with E-state index in [4.69, 9.17) is 16.3 Å². The van der Waals surface area contributed by atoms with E-state index in [1.54, 1.807) is 25.3 Å². The number of methoxy groups -OCH3 is 1. The highest BCUT2D eigenvalue weighted by atomic mass is 35.5. The molecule has 1 amide bonds. The Morgan fingerprint density at radius 2 is 1.84 bits per heavy atom. The summed E-state index contributed by atoms with van der Waals surface area (Å²) in [5.41, 5.74) is 1.88. The Morgan fingerprint density at radius 3 is 2.48 bits per heavy atom. The first-order chi connectivity index (χ1) is 11.7. The average molecular weight is 381 g/mol. The van der Waals surface area contributed by atoms with E-state index >= 15 is 0 Å². The third kappa shape index (κ3) is 4.88. The van der Waals surface area contributed by atoms with Crippen molar-refractivity contribution >= 4 is 17.5 Å². The van der Waals surface area contributed by atoms with Crippen LogP contribution in [0.2, 0.25) is 5.02 Å². The maximum absolute atomic E-state index is 12.8. The van der Waals surface area contributed by atoms with Crippen LogP contribution in [0.5, 0.6) is 5.75 Å². The van der Waals surface area contributed by atoms with E-state index in [-0.39, 0.29) is 18.3 Å². The number of benzene rings is 2. The van der Waals surface area contributed by atoms with E-state index in [0.717, 1.165) is 32.7 Å². The minimum absolute atomic E-state index is 0. The molecule has 0 atom stereocenters. The molecule has 0 spiro atoms. The van der Waals surface area contributed by atoms with Crippen LogP contribution >= 0.6 is 11.6 Å². The number of hydrogen-bond acceptors (Lipinski definition) is 2. The summed E-state index contributed by atoms with van der Waals surface area (Å²) in [5.74, 6) is 0.566. The predicted molar refractivity (Wildman–Crippen MR) is 94.8 cm³/mol. The second-order valence-corrected chi connectivity index (χ2v) is 6.49. The summed E-state index contributed by atoms with van der Waals surface area (Å²) in [4.78, 5) is 16.2. The van der Waals surface area contributed by atoms with Gasteiger partial charge in [-0.05, 0) is 18.2 Å². The Hall–Kier alpha value is -1.75. The lowest BCUT2D eigenvalue weighted by Crippen LogP contribution is -3.13. The number of nitrogens with one attached hydrogen (secondary N) is 1. The number of carbonyl (C=O) groups is 1. The highest BCUT2D eigenvalue weighted by Gasteiger charge is 2.26. The zero-order chi connectivity index (χ0) is 16.9. The molecule has 1 aliphatic heterocycles. The number of piperazine rings is 1. The van der Waals surface area contributed by atoms with Gasteiger partial charge >= 0.3 is 0 Å². The van der Waals surface area contributed by atoms with Crippen molar-refractivity contribution in [2.45, 2.75) is 6.54 Å². The van der Waals surface area contributed by atoms with Crippen molar-refractivity contribution in [1.29, 1.82) is 0 Å². The van der Waals surface area contributed by atoms with Crippen molar-refractivity contribution in [3.8, 4) is 5.75 Å².